The van der Waals surface area contributed by atoms with Crippen molar-refractivity contribution >= 4 is 17.2 Å². The van der Waals surface area contributed by atoms with Crippen LogP contribution in [0.15, 0.2) is 42.9 Å². The summed E-state index contributed by atoms with van der Waals surface area (Å²) in [6.45, 7) is 1.93. The Balaban J connectivity index is 2.07. The smallest absolute Gasteiger partial charge is 0.151 e. The summed E-state index contributed by atoms with van der Waals surface area (Å²) in [6.07, 6.45) is 5.24. The fraction of sp³-hybridized carbons (Fsp3) is 0.231. The molecule has 0 amide bonds. The zero-order chi connectivity index (χ0) is 11.7. The van der Waals surface area contributed by atoms with Gasteiger partial charge in [0.25, 0.3) is 0 Å². The molecule has 86 valence electrons. The molecular formula is C13H14N4. The fourth-order valence-corrected chi connectivity index (χ4v) is 2.17. The van der Waals surface area contributed by atoms with Gasteiger partial charge >= 0.3 is 0 Å². The van der Waals surface area contributed by atoms with Gasteiger partial charge in [0.05, 0.1) is 17.6 Å². The molecule has 0 aliphatic carbocycles. The van der Waals surface area contributed by atoms with Gasteiger partial charge in [-0.05, 0) is 12.1 Å². The van der Waals surface area contributed by atoms with Crippen LogP contribution in [0.3, 0.4) is 0 Å². The Hall–Kier alpha value is -2.10. The van der Waals surface area contributed by atoms with E-state index in [9.17, 15) is 0 Å². The predicted octanol–water partition coefficient (Wildman–Crippen LogP) is 2.06. The first-order chi connectivity index (χ1) is 8.36. The predicted molar refractivity (Wildman–Crippen MR) is 68.8 cm³/mol. The maximum Gasteiger partial charge on any atom is 0.151 e. The molecule has 4 heteroatoms. The summed E-state index contributed by atoms with van der Waals surface area (Å²) in [5.41, 5.74) is 2.44. The van der Waals surface area contributed by atoms with Crippen LogP contribution in [-0.2, 0) is 0 Å². The lowest BCUT2D eigenvalue weighted by Gasteiger charge is -2.36. The molecule has 0 saturated heterocycles. The number of hydrogen-bond donors (Lipinski definition) is 0. The van der Waals surface area contributed by atoms with E-state index >= 15 is 0 Å². The summed E-state index contributed by atoms with van der Waals surface area (Å²) >= 11 is 0. The fourth-order valence-electron chi connectivity index (χ4n) is 2.17. The van der Waals surface area contributed by atoms with Crippen LogP contribution in [0.25, 0.3) is 0 Å². The number of aromatic nitrogens is 2. The largest absolute Gasteiger partial charge is 0.371 e. The van der Waals surface area contributed by atoms with Crippen LogP contribution in [0.2, 0.25) is 0 Å². The zero-order valence-corrected chi connectivity index (χ0v) is 9.74. The number of anilines is 3. The highest BCUT2D eigenvalue weighted by molar-refractivity contribution is 5.77. The highest BCUT2D eigenvalue weighted by Gasteiger charge is 2.21. The van der Waals surface area contributed by atoms with Crippen LogP contribution in [0, 0.1) is 0 Å². The minimum Gasteiger partial charge on any atom is -0.371 e. The Bertz CT molecular complexity index is 512. The molecule has 0 bridgehead atoms. The van der Waals surface area contributed by atoms with E-state index in [1.807, 2.05) is 6.20 Å². The van der Waals surface area contributed by atoms with Gasteiger partial charge in [-0.3, -0.25) is 4.98 Å². The minimum atomic E-state index is 0.910. The van der Waals surface area contributed by atoms with Crippen LogP contribution in [0.1, 0.15) is 0 Å². The first-order valence-corrected chi connectivity index (χ1v) is 5.70. The van der Waals surface area contributed by atoms with E-state index in [2.05, 4.69) is 51.1 Å². The normalized spacial score (nSPS) is 14.6. The first-order valence-electron chi connectivity index (χ1n) is 5.70. The van der Waals surface area contributed by atoms with Gasteiger partial charge in [0.15, 0.2) is 5.82 Å². The van der Waals surface area contributed by atoms with E-state index in [1.165, 1.54) is 11.4 Å². The number of benzene rings is 1. The summed E-state index contributed by atoms with van der Waals surface area (Å²) in [4.78, 5) is 13.0. The van der Waals surface area contributed by atoms with Gasteiger partial charge in [0, 0.05) is 32.5 Å². The summed E-state index contributed by atoms with van der Waals surface area (Å²) < 4.78 is 0. The standard InChI is InChI=1S/C13H14N4/c1-16-8-9-17(13-10-14-6-7-15-13)12-5-3-2-4-11(12)16/h2-7,10H,8-9H2,1H3. The second-order valence-corrected chi connectivity index (χ2v) is 4.13. The third kappa shape index (κ3) is 1.71. The van der Waals surface area contributed by atoms with Gasteiger partial charge in [-0.25, -0.2) is 4.98 Å². The maximum absolute atomic E-state index is 4.37. The zero-order valence-electron chi connectivity index (χ0n) is 9.74. The Morgan fingerprint density at radius 1 is 1.06 bits per heavy atom. The van der Waals surface area contributed by atoms with Crippen LogP contribution in [0.5, 0.6) is 0 Å². The average molecular weight is 226 g/mol. The lowest BCUT2D eigenvalue weighted by molar-refractivity contribution is 0.811. The Morgan fingerprint density at radius 3 is 2.65 bits per heavy atom. The Labute approximate surface area is 101 Å². The van der Waals surface area contributed by atoms with Crippen molar-refractivity contribution < 1.29 is 0 Å². The van der Waals surface area contributed by atoms with Crippen molar-refractivity contribution in [2.75, 3.05) is 29.9 Å². The number of rotatable bonds is 1. The minimum absolute atomic E-state index is 0.910. The van der Waals surface area contributed by atoms with Gasteiger partial charge in [-0.15, -0.1) is 0 Å². The van der Waals surface area contributed by atoms with E-state index in [1.54, 1.807) is 12.4 Å². The summed E-state index contributed by atoms with van der Waals surface area (Å²) in [5.74, 6) is 0.910. The number of hydrogen-bond acceptors (Lipinski definition) is 4. The van der Waals surface area contributed by atoms with Crippen LogP contribution < -0.4 is 9.80 Å². The molecule has 1 aromatic heterocycles. The monoisotopic (exact) mass is 226 g/mol. The molecule has 3 rings (SSSR count). The van der Waals surface area contributed by atoms with E-state index in [4.69, 9.17) is 0 Å². The molecule has 0 saturated carbocycles. The second kappa shape index (κ2) is 4.05. The molecule has 1 aromatic carbocycles. The van der Waals surface area contributed by atoms with E-state index in [-0.39, 0.29) is 0 Å². The molecule has 0 radical (unpaired) electrons. The molecule has 4 nitrogen and oxygen atoms in total. The number of likely N-dealkylation sites (N-methyl/N-ethyl adjacent to an activating group) is 1. The quantitative estimate of drug-likeness (QED) is 0.745. The van der Waals surface area contributed by atoms with Crippen LogP contribution >= 0.6 is 0 Å². The molecule has 0 atom stereocenters. The highest BCUT2D eigenvalue weighted by atomic mass is 15.3. The van der Waals surface area contributed by atoms with Gasteiger partial charge in [-0.2, -0.15) is 0 Å². The average Bonchev–Trinajstić information content (AvgIpc) is 2.41. The summed E-state index contributed by atoms with van der Waals surface area (Å²) in [6, 6.07) is 8.38. The SMILES string of the molecule is CN1CCN(c2cnccn2)c2ccccc21. The molecule has 17 heavy (non-hydrogen) atoms. The molecule has 0 N–H and O–H groups in total. The summed E-state index contributed by atoms with van der Waals surface area (Å²) in [5, 5.41) is 0. The molecule has 1 aliphatic rings. The van der Waals surface area contributed by atoms with Crippen molar-refractivity contribution in [1.82, 2.24) is 9.97 Å². The number of nitrogens with zero attached hydrogens (tertiary/aromatic N) is 4. The molecule has 0 spiro atoms. The lowest BCUT2D eigenvalue weighted by Crippen LogP contribution is -2.36. The van der Waals surface area contributed by atoms with Gasteiger partial charge < -0.3 is 9.80 Å². The maximum atomic E-state index is 4.37. The topological polar surface area (TPSA) is 32.3 Å². The molecule has 0 unspecified atom stereocenters. The van der Waals surface area contributed by atoms with Gasteiger partial charge in [-0.1, -0.05) is 12.1 Å². The van der Waals surface area contributed by atoms with Crippen molar-refractivity contribution in [1.29, 1.82) is 0 Å². The lowest BCUT2D eigenvalue weighted by atomic mass is 10.2. The molecule has 0 fully saturated rings. The summed E-state index contributed by atoms with van der Waals surface area (Å²) in [7, 11) is 2.12. The van der Waals surface area contributed by atoms with Crippen molar-refractivity contribution in [2.45, 2.75) is 0 Å². The number of fused-ring (bicyclic) bond motifs is 1. The van der Waals surface area contributed by atoms with E-state index in [0.717, 1.165) is 18.9 Å². The van der Waals surface area contributed by atoms with Crippen molar-refractivity contribution in [3.05, 3.63) is 42.9 Å². The molecule has 1 aliphatic heterocycles. The Morgan fingerprint density at radius 2 is 1.88 bits per heavy atom. The molecule has 2 heterocycles. The highest BCUT2D eigenvalue weighted by Crippen LogP contribution is 2.35. The first kappa shape index (κ1) is 10.1. The van der Waals surface area contributed by atoms with Crippen LogP contribution in [-0.4, -0.2) is 30.1 Å². The van der Waals surface area contributed by atoms with Crippen molar-refractivity contribution in [3.8, 4) is 0 Å². The van der Waals surface area contributed by atoms with E-state index in [0.29, 0.717) is 0 Å². The van der Waals surface area contributed by atoms with Crippen LogP contribution in [0.4, 0.5) is 17.2 Å². The third-order valence-corrected chi connectivity index (χ3v) is 3.07. The number of para-hydroxylation sites is 2. The molecule has 2 aromatic rings. The van der Waals surface area contributed by atoms with E-state index < -0.39 is 0 Å². The second-order valence-electron chi connectivity index (χ2n) is 4.13. The molecular weight excluding hydrogens is 212 g/mol. The third-order valence-electron chi connectivity index (χ3n) is 3.07. The van der Waals surface area contributed by atoms with Gasteiger partial charge in [0.1, 0.15) is 0 Å². The van der Waals surface area contributed by atoms with Crippen molar-refractivity contribution in [3.63, 3.8) is 0 Å². The van der Waals surface area contributed by atoms with Crippen molar-refractivity contribution in [2.24, 2.45) is 0 Å². The Kier molecular flexibility index (Phi) is 2.40. The van der Waals surface area contributed by atoms with Gasteiger partial charge in [0.2, 0.25) is 0 Å².